The summed E-state index contributed by atoms with van der Waals surface area (Å²) in [6.45, 7) is 2.83. The van der Waals surface area contributed by atoms with Gasteiger partial charge < -0.3 is 38.9 Å². The van der Waals surface area contributed by atoms with Crippen LogP contribution in [0.25, 0.3) is 0 Å². The van der Waals surface area contributed by atoms with Gasteiger partial charge in [-0.25, -0.2) is 4.98 Å². The first-order valence-corrected chi connectivity index (χ1v) is 18.8. The van der Waals surface area contributed by atoms with Crippen molar-refractivity contribution in [2.24, 2.45) is 0 Å². The van der Waals surface area contributed by atoms with Crippen LogP contribution in [0.1, 0.15) is 53.4 Å². The van der Waals surface area contributed by atoms with E-state index in [1.54, 1.807) is 38.1 Å². The Hall–Kier alpha value is -4.29. The standard InChI is InChI=1S/C37H45F6N5O6S/c1-4-8-29-35(54-25-23-30(55-24-25)37(41,42)43,34(51)47-17-15-46(16-18-47)27-9-5-6-10-28(27)52-22-20-49)12-7-14-48(29)33(50)31-26(36(38,39)40)11-13-44-32(31)53-21-19-45(2)3/h5-6,9-11,13,23-24,29,49H,4,7-8,12,14-22H2,1-3H3/t29-,35+/m1/s1. The number of pyridine rings is 1. The Kier molecular flexibility index (Phi) is 13.4. The number of alkyl halides is 6. The summed E-state index contributed by atoms with van der Waals surface area (Å²) in [5.74, 6) is -1.88. The molecule has 2 amide bonds. The molecule has 0 radical (unpaired) electrons. The lowest BCUT2D eigenvalue weighted by Crippen LogP contribution is -2.69. The molecule has 1 N–H and O–H groups in total. The zero-order valence-corrected chi connectivity index (χ0v) is 31.6. The summed E-state index contributed by atoms with van der Waals surface area (Å²) < 4.78 is 103. The van der Waals surface area contributed by atoms with E-state index in [1.165, 1.54) is 9.80 Å². The number of carbonyl (C=O) groups is 2. The minimum atomic E-state index is -4.97. The highest BCUT2D eigenvalue weighted by molar-refractivity contribution is 7.10. The Balaban J connectivity index is 1.54. The van der Waals surface area contributed by atoms with E-state index >= 15 is 0 Å². The second-order valence-corrected chi connectivity index (χ2v) is 14.5. The molecule has 0 saturated carbocycles. The minimum absolute atomic E-state index is 0.0130. The number of likely N-dealkylation sites (tertiary alicyclic amines) is 1. The zero-order chi connectivity index (χ0) is 40.0. The van der Waals surface area contributed by atoms with Gasteiger partial charge in [-0.15, -0.1) is 11.3 Å². The Labute approximate surface area is 319 Å². The number of likely N-dealkylation sites (N-methyl/N-ethyl adjacent to an activating group) is 1. The van der Waals surface area contributed by atoms with Gasteiger partial charge in [0.1, 0.15) is 35.2 Å². The van der Waals surface area contributed by atoms with Crippen LogP contribution >= 0.6 is 11.3 Å². The fourth-order valence-corrected chi connectivity index (χ4v) is 7.69. The highest BCUT2D eigenvalue weighted by Gasteiger charge is 2.56. The highest BCUT2D eigenvalue weighted by Crippen LogP contribution is 2.44. The molecular weight excluding hydrogens is 756 g/mol. The van der Waals surface area contributed by atoms with E-state index in [1.807, 2.05) is 17.0 Å². The van der Waals surface area contributed by atoms with Crippen LogP contribution in [0.3, 0.4) is 0 Å². The molecule has 2 saturated heterocycles. The number of hydrogen-bond donors (Lipinski definition) is 1. The minimum Gasteiger partial charge on any atom is -0.489 e. The number of para-hydroxylation sites is 2. The molecule has 302 valence electrons. The van der Waals surface area contributed by atoms with Gasteiger partial charge >= 0.3 is 12.4 Å². The average molecular weight is 802 g/mol. The largest absolute Gasteiger partial charge is 0.489 e. The number of rotatable bonds is 14. The molecule has 1 aromatic carbocycles. The predicted octanol–water partition coefficient (Wildman–Crippen LogP) is 6.06. The van der Waals surface area contributed by atoms with Crippen molar-refractivity contribution in [2.45, 2.75) is 56.6 Å². The first-order chi connectivity index (χ1) is 26.1. The van der Waals surface area contributed by atoms with Crippen LogP contribution in [0.4, 0.5) is 32.0 Å². The van der Waals surface area contributed by atoms with E-state index in [0.717, 1.165) is 23.3 Å². The molecule has 0 spiro atoms. The molecule has 18 heteroatoms. The normalized spacial score (nSPS) is 19.5. The fourth-order valence-electron chi connectivity index (χ4n) is 7.01. The summed E-state index contributed by atoms with van der Waals surface area (Å²) >= 11 is 0.388. The van der Waals surface area contributed by atoms with E-state index in [2.05, 4.69) is 4.98 Å². The topological polar surface area (TPSA) is 108 Å². The van der Waals surface area contributed by atoms with Crippen molar-refractivity contribution in [1.29, 1.82) is 0 Å². The molecule has 2 atom stereocenters. The Morgan fingerprint density at radius 2 is 1.73 bits per heavy atom. The quantitative estimate of drug-likeness (QED) is 0.195. The maximum Gasteiger partial charge on any atom is 0.425 e. The Bertz CT molecular complexity index is 1770. The van der Waals surface area contributed by atoms with Gasteiger partial charge in [0.25, 0.3) is 11.8 Å². The van der Waals surface area contributed by atoms with E-state index < -0.39 is 57.7 Å². The number of nitrogens with zero attached hydrogens (tertiary/aromatic N) is 5. The second-order valence-electron chi connectivity index (χ2n) is 13.5. The molecule has 2 aliphatic rings. The van der Waals surface area contributed by atoms with Gasteiger partial charge in [0.15, 0.2) is 0 Å². The fraction of sp³-hybridized carbons (Fsp3) is 0.541. The molecule has 55 heavy (non-hydrogen) atoms. The van der Waals surface area contributed by atoms with Crippen LogP contribution in [-0.2, 0) is 17.1 Å². The number of hydrogen-bond acceptors (Lipinski definition) is 10. The molecule has 2 aliphatic heterocycles. The van der Waals surface area contributed by atoms with Gasteiger partial charge in [-0.1, -0.05) is 25.5 Å². The van der Waals surface area contributed by atoms with Crippen LogP contribution < -0.4 is 19.1 Å². The lowest BCUT2D eigenvalue weighted by molar-refractivity contribution is -0.159. The van der Waals surface area contributed by atoms with Crippen LogP contribution in [-0.4, -0.2) is 121 Å². The van der Waals surface area contributed by atoms with Crippen LogP contribution in [0.5, 0.6) is 17.4 Å². The maximum atomic E-state index is 15.0. The first kappa shape index (κ1) is 41.9. The second kappa shape index (κ2) is 17.7. The summed E-state index contributed by atoms with van der Waals surface area (Å²) in [5.41, 5.74) is -3.29. The molecule has 5 rings (SSSR count). The molecule has 11 nitrogen and oxygen atoms in total. The maximum absolute atomic E-state index is 15.0. The number of aliphatic hydroxyl groups is 1. The lowest BCUT2D eigenvalue weighted by Gasteiger charge is -2.51. The van der Waals surface area contributed by atoms with Crippen LogP contribution in [0, 0.1) is 0 Å². The number of piperazine rings is 1. The summed E-state index contributed by atoms with van der Waals surface area (Å²) in [6.07, 6.45) is -8.23. The summed E-state index contributed by atoms with van der Waals surface area (Å²) in [7, 11) is 3.48. The molecule has 3 aromatic rings. The SMILES string of the molecule is CCC[C@H]1N(C(=O)c2c(C(F)(F)F)ccnc2OCCN(C)C)CCC[C@@]1(Oc1csc(C(F)(F)F)c1)C(=O)N1CCN(c2ccccc2OCCO)CC1. The molecule has 0 unspecified atom stereocenters. The van der Waals surface area contributed by atoms with Gasteiger partial charge in [-0.05, 0) is 45.1 Å². The number of aliphatic hydroxyl groups excluding tert-OH is 1. The van der Waals surface area contributed by atoms with Gasteiger partial charge in [-0.2, -0.15) is 26.3 Å². The van der Waals surface area contributed by atoms with Crippen molar-refractivity contribution in [2.75, 3.05) is 78.1 Å². The van der Waals surface area contributed by atoms with Crippen molar-refractivity contribution in [1.82, 2.24) is 19.7 Å². The highest BCUT2D eigenvalue weighted by atomic mass is 32.1. The average Bonchev–Trinajstić information content (AvgIpc) is 3.63. The number of piperidine rings is 1. The van der Waals surface area contributed by atoms with Gasteiger partial charge in [0.05, 0.1) is 23.9 Å². The van der Waals surface area contributed by atoms with Crippen LogP contribution in [0.2, 0.25) is 0 Å². The summed E-state index contributed by atoms with van der Waals surface area (Å²) in [4.78, 5) is 39.1. The lowest BCUT2D eigenvalue weighted by atomic mass is 9.79. The molecule has 4 heterocycles. The number of benzene rings is 1. The number of ether oxygens (including phenoxy) is 3. The number of thiophene rings is 1. The molecule has 2 aromatic heterocycles. The Morgan fingerprint density at radius 3 is 2.36 bits per heavy atom. The molecular formula is C37H45F6N5O6S. The first-order valence-electron chi connectivity index (χ1n) is 18.0. The van der Waals surface area contributed by atoms with Crippen molar-refractivity contribution < 1.29 is 55.2 Å². The number of aromatic nitrogens is 1. The number of amides is 2. The molecule has 0 aliphatic carbocycles. The number of anilines is 1. The molecule has 0 bridgehead atoms. The third-order valence-electron chi connectivity index (χ3n) is 9.54. The van der Waals surface area contributed by atoms with Gasteiger partial charge in [0.2, 0.25) is 11.5 Å². The van der Waals surface area contributed by atoms with E-state index in [0.29, 0.717) is 49.2 Å². The molecule has 2 fully saturated rings. The van der Waals surface area contributed by atoms with Crippen molar-refractivity contribution in [3.8, 4) is 17.4 Å². The number of carbonyl (C=O) groups excluding carboxylic acids is 2. The monoisotopic (exact) mass is 801 g/mol. The third kappa shape index (κ3) is 9.57. The number of halogens is 6. The predicted molar refractivity (Wildman–Crippen MR) is 193 cm³/mol. The van der Waals surface area contributed by atoms with Gasteiger partial charge in [-0.3, -0.25) is 9.59 Å². The van der Waals surface area contributed by atoms with E-state index in [4.69, 9.17) is 14.2 Å². The van der Waals surface area contributed by atoms with E-state index in [9.17, 15) is 41.0 Å². The van der Waals surface area contributed by atoms with Crippen molar-refractivity contribution >= 4 is 28.8 Å². The summed E-state index contributed by atoms with van der Waals surface area (Å²) in [5, 5.41) is 10.4. The summed E-state index contributed by atoms with van der Waals surface area (Å²) in [6, 6.07) is 7.53. The smallest absolute Gasteiger partial charge is 0.425 e. The Morgan fingerprint density at radius 1 is 1.00 bits per heavy atom. The van der Waals surface area contributed by atoms with E-state index in [-0.39, 0.29) is 64.5 Å². The van der Waals surface area contributed by atoms with Crippen molar-refractivity contribution in [3.05, 3.63) is 64.0 Å². The third-order valence-corrected chi connectivity index (χ3v) is 10.5. The van der Waals surface area contributed by atoms with Crippen molar-refractivity contribution in [3.63, 3.8) is 0 Å². The van der Waals surface area contributed by atoms with Crippen LogP contribution in [0.15, 0.2) is 48.0 Å². The zero-order valence-electron chi connectivity index (χ0n) is 30.8. The van der Waals surface area contributed by atoms with Gasteiger partial charge in [0, 0.05) is 63.3 Å².